The topological polar surface area (TPSA) is 32.7 Å². The fourth-order valence-electron chi connectivity index (χ4n) is 3.08. The zero-order valence-electron chi connectivity index (χ0n) is 14.5. The Morgan fingerprint density at radius 2 is 1.14 bits per heavy atom. The molecular weight excluding hydrogens is 388 g/mol. The average molecular weight is 405 g/mol. The van der Waals surface area contributed by atoms with E-state index in [1.54, 1.807) is 12.1 Å². The number of nitrogens with zero attached hydrogens (tertiary/aromatic N) is 1. The maximum Gasteiger partial charge on any atom is 0.430 e. The molecule has 0 radical (unpaired) electrons. The van der Waals surface area contributed by atoms with Gasteiger partial charge in [-0.2, -0.15) is 26.3 Å². The quantitative estimate of drug-likeness (QED) is 0.764. The Hall–Kier alpha value is -2.26. The standard InChI is InChI=1S/C19H17F6NO2/c20-18(21,22)17(27,19(23,24)25)15-5-1-13(2-6-15)14-3-7-16(8-4-14)26-9-11-28-12-10-26/h1-8,27H,9-12H2. The van der Waals surface area contributed by atoms with Crippen LogP contribution in [0.2, 0.25) is 0 Å². The first-order chi connectivity index (χ1) is 13.0. The first-order valence-electron chi connectivity index (χ1n) is 8.43. The number of benzene rings is 2. The van der Waals surface area contributed by atoms with E-state index in [4.69, 9.17) is 4.74 Å². The van der Waals surface area contributed by atoms with Crippen molar-refractivity contribution in [3.63, 3.8) is 0 Å². The summed E-state index contributed by atoms with van der Waals surface area (Å²) in [4.78, 5) is 2.11. The van der Waals surface area contributed by atoms with Crippen molar-refractivity contribution in [3.05, 3.63) is 54.1 Å². The van der Waals surface area contributed by atoms with Crippen LogP contribution in [0, 0.1) is 0 Å². The van der Waals surface area contributed by atoms with Gasteiger partial charge in [0.1, 0.15) is 0 Å². The van der Waals surface area contributed by atoms with Gasteiger partial charge < -0.3 is 14.7 Å². The summed E-state index contributed by atoms with van der Waals surface area (Å²) in [6.07, 6.45) is -11.8. The predicted molar refractivity (Wildman–Crippen MR) is 90.9 cm³/mol. The molecule has 0 bridgehead atoms. The highest BCUT2D eigenvalue weighted by molar-refractivity contribution is 5.67. The van der Waals surface area contributed by atoms with E-state index in [-0.39, 0.29) is 0 Å². The molecule has 2 aromatic carbocycles. The Kier molecular flexibility index (Phi) is 5.33. The summed E-state index contributed by atoms with van der Waals surface area (Å²) in [6, 6.07) is 10.7. The van der Waals surface area contributed by atoms with Crippen molar-refractivity contribution in [1.29, 1.82) is 0 Å². The second-order valence-corrected chi connectivity index (χ2v) is 6.43. The number of hydrogen-bond donors (Lipinski definition) is 1. The monoisotopic (exact) mass is 405 g/mol. The SMILES string of the molecule is OC(c1ccc(-c2ccc(N3CCOCC3)cc2)cc1)(C(F)(F)F)C(F)(F)F. The van der Waals surface area contributed by atoms with Gasteiger partial charge in [0.25, 0.3) is 5.60 Å². The van der Waals surface area contributed by atoms with E-state index < -0.39 is 23.5 Å². The van der Waals surface area contributed by atoms with Gasteiger partial charge in [-0.3, -0.25) is 0 Å². The maximum absolute atomic E-state index is 12.9. The molecule has 0 spiro atoms. The average Bonchev–Trinajstić information content (AvgIpc) is 2.66. The molecule has 0 saturated carbocycles. The van der Waals surface area contributed by atoms with Gasteiger partial charge in [0, 0.05) is 24.3 Å². The number of rotatable bonds is 3. The van der Waals surface area contributed by atoms with E-state index in [2.05, 4.69) is 4.90 Å². The molecule has 3 rings (SSSR count). The zero-order chi connectivity index (χ0) is 20.6. The first-order valence-corrected chi connectivity index (χ1v) is 8.43. The Balaban J connectivity index is 1.86. The molecule has 3 nitrogen and oxygen atoms in total. The fourth-order valence-corrected chi connectivity index (χ4v) is 3.08. The number of morpholine rings is 1. The molecule has 9 heteroatoms. The summed E-state index contributed by atoms with van der Waals surface area (Å²) in [6.45, 7) is 2.71. The molecule has 1 N–H and O–H groups in total. The van der Waals surface area contributed by atoms with Crippen LogP contribution < -0.4 is 4.90 Å². The second kappa shape index (κ2) is 7.29. The third-order valence-electron chi connectivity index (χ3n) is 4.70. The Bertz CT molecular complexity index is 779. The molecule has 1 fully saturated rings. The summed E-state index contributed by atoms with van der Waals surface area (Å²) in [5.74, 6) is 0. The molecular formula is C19H17F6NO2. The number of halogens is 6. The van der Waals surface area contributed by atoms with Crippen LogP contribution in [-0.2, 0) is 10.3 Å². The van der Waals surface area contributed by atoms with Gasteiger partial charge in [-0.25, -0.2) is 0 Å². The van der Waals surface area contributed by atoms with Crippen molar-refractivity contribution in [2.45, 2.75) is 18.0 Å². The van der Waals surface area contributed by atoms with Crippen molar-refractivity contribution < 1.29 is 36.2 Å². The second-order valence-electron chi connectivity index (χ2n) is 6.43. The zero-order valence-corrected chi connectivity index (χ0v) is 14.5. The number of alkyl halides is 6. The summed E-state index contributed by atoms with van der Waals surface area (Å²) in [5.41, 5.74) is -4.18. The molecule has 1 heterocycles. The maximum atomic E-state index is 12.9. The van der Waals surface area contributed by atoms with Crippen molar-refractivity contribution in [2.24, 2.45) is 0 Å². The highest BCUT2D eigenvalue weighted by Gasteiger charge is 2.71. The largest absolute Gasteiger partial charge is 0.430 e. The molecule has 0 aliphatic carbocycles. The molecule has 28 heavy (non-hydrogen) atoms. The van der Waals surface area contributed by atoms with Gasteiger partial charge in [-0.1, -0.05) is 36.4 Å². The van der Waals surface area contributed by atoms with Crippen LogP contribution >= 0.6 is 0 Å². The van der Waals surface area contributed by atoms with Crippen LogP contribution in [-0.4, -0.2) is 43.8 Å². The molecule has 1 aliphatic heterocycles. The fraction of sp³-hybridized carbons (Fsp3) is 0.368. The van der Waals surface area contributed by atoms with Gasteiger partial charge in [0.15, 0.2) is 0 Å². The van der Waals surface area contributed by atoms with Crippen molar-refractivity contribution >= 4 is 5.69 Å². The van der Waals surface area contributed by atoms with Crippen molar-refractivity contribution in [1.82, 2.24) is 0 Å². The molecule has 152 valence electrons. The van der Waals surface area contributed by atoms with Crippen LogP contribution in [0.3, 0.4) is 0 Å². The van der Waals surface area contributed by atoms with E-state index in [1.807, 2.05) is 12.1 Å². The lowest BCUT2D eigenvalue weighted by molar-refractivity contribution is -0.376. The number of aliphatic hydroxyl groups is 1. The van der Waals surface area contributed by atoms with Crippen molar-refractivity contribution in [2.75, 3.05) is 31.2 Å². The minimum Gasteiger partial charge on any atom is -0.378 e. The summed E-state index contributed by atoms with van der Waals surface area (Å²) in [5, 5.41) is 9.43. The summed E-state index contributed by atoms with van der Waals surface area (Å²) < 4.78 is 83.0. The van der Waals surface area contributed by atoms with Gasteiger partial charge in [-0.05, 0) is 23.3 Å². The lowest BCUT2D eigenvalue weighted by atomic mass is 9.90. The molecule has 0 atom stereocenters. The summed E-state index contributed by atoms with van der Waals surface area (Å²) >= 11 is 0. The smallest absolute Gasteiger partial charge is 0.378 e. The molecule has 1 saturated heterocycles. The van der Waals surface area contributed by atoms with Gasteiger partial charge in [0.2, 0.25) is 0 Å². The molecule has 0 unspecified atom stereocenters. The van der Waals surface area contributed by atoms with Crippen LogP contribution in [0.15, 0.2) is 48.5 Å². The van der Waals surface area contributed by atoms with E-state index >= 15 is 0 Å². The van der Waals surface area contributed by atoms with Gasteiger partial charge in [0.05, 0.1) is 13.2 Å². The van der Waals surface area contributed by atoms with Crippen LogP contribution in [0.5, 0.6) is 0 Å². The number of anilines is 1. The molecule has 2 aromatic rings. The molecule has 0 aromatic heterocycles. The lowest BCUT2D eigenvalue weighted by Crippen LogP contribution is -2.53. The Morgan fingerprint density at radius 1 is 0.714 bits per heavy atom. The minimum atomic E-state index is -5.90. The lowest BCUT2D eigenvalue weighted by Gasteiger charge is -2.32. The first kappa shape index (κ1) is 20.5. The van der Waals surface area contributed by atoms with Crippen LogP contribution in [0.25, 0.3) is 11.1 Å². The summed E-state index contributed by atoms with van der Waals surface area (Å²) in [7, 11) is 0. The van der Waals surface area contributed by atoms with Crippen molar-refractivity contribution in [3.8, 4) is 11.1 Å². The van der Waals surface area contributed by atoms with Gasteiger partial charge >= 0.3 is 12.4 Å². The minimum absolute atomic E-state index is 0.434. The molecule has 1 aliphatic rings. The predicted octanol–water partition coefficient (Wildman–Crippen LogP) is 4.50. The number of hydrogen-bond acceptors (Lipinski definition) is 3. The van der Waals surface area contributed by atoms with E-state index in [0.29, 0.717) is 36.5 Å². The Labute approximate surface area is 157 Å². The van der Waals surface area contributed by atoms with E-state index in [9.17, 15) is 31.4 Å². The van der Waals surface area contributed by atoms with Crippen LogP contribution in [0.1, 0.15) is 5.56 Å². The highest BCUT2D eigenvalue weighted by Crippen LogP contribution is 2.50. The number of ether oxygens (including phenoxy) is 1. The molecule has 0 amide bonds. The van der Waals surface area contributed by atoms with E-state index in [0.717, 1.165) is 30.9 Å². The van der Waals surface area contributed by atoms with E-state index in [1.165, 1.54) is 0 Å². The van der Waals surface area contributed by atoms with Gasteiger partial charge in [-0.15, -0.1) is 0 Å². The third-order valence-corrected chi connectivity index (χ3v) is 4.70. The third kappa shape index (κ3) is 3.68. The van der Waals surface area contributed by atoms with Crippen LogP contribution in [0.4, 0.5) is 32.0 Å². The Morgan fingerprint density at radius 3 is 1.57 bits per heavy atom. The normalized spacial score (nSPS) is 16.3. The highest BCUT2D eigenvalue weighted by atomic mass is 19.4.